The molecule has 0 saturated carbocycles. The molecule has 15 heavy (non-hydrogen) atoms. The van der Waals surface area contributed by atoms with Gasteiger partial charge in [0.05, 0.1) is 12.7 Å². The molecule has 0 aliphatic carbocycles. The summed E-state index contributed by atoms with van der Waals surface area (Å²) in [5, 5.41) is 0. The van der Waals surface area contributed by atoms with E-state index in [0.717, 1.165) is 12.1 Å². The molecule has 0 bridgehead atoms. The van der Waals surface area contributed by atoms with Crippen molar-refractivity contribution in [1.82, 2.24) is 0 Å². The van der Waals surface area contributed by atoms with Crippen molar-refractivity contribution in [3.05, 3.63) is 29.3 Å². The monoisotopic (exact) mass is 234 g/mol. The smallest absolute Gasteiger partial charge is 0.169 e. The lowest BCUT2D eigenvalue weighted by atomic mass is 10.1. The van der Waals surface area contributed by atoms with Gasteiger partial charge in [-0.05, 0) is 0 Å². The summed E-state index contributed by atoms with van der Waals surface area (Å²) in [4.78, 5) is 11.3. The summed E-state index contributed by atoms with van der Waals surface area (Å²) in [6.07, 6.45) is -0.0955. The van der Waals surface area contributed by atoms with E-state index in [1.165, 1.54) is 7.11 Å². The average molecular weight is 235 g/mol. The number of carbonyl (C=O) groups excluding carboxylic acids is 1. The highest BCUT2D eigenvalue weighted by atomic mass is 35.5. The van der Waals surface area contributed by atoms with E-state index >= 15 is 0 Å². The summed E-state index contributed by atoms with van der Waals surface area (Å²) in [5.74, 6) is -2.44. The molecule has 2 nitrogen and oxygen atoms in total. The number of carbonyl (C=O) groups is 1. The van der Waals surface area contributed by atoms with Gasteiger partial charge in [-0.25, -0.2) is 8.78 Å². The first-order valence-corrected chi connectivity index (χ1v) is 4.75. The number of hydrogen-bond donors (Lipinski definition) is 0. The Morgan fingerprint density at radius 2 is 1.93 bits per heavy atom. The number of methoxy groups -OCH3 is 1. The maximum absolute atomic E-state index is 13.3. The second-order valence-electron chi connectivity index (χ2n) is 2.83. The number of rotatable bonds is 4. The van der Waals surface area contributed by atoms with Crippen LogP contribution in [0.4, 0.5) is 8.78 Å². The van der Waals surface area contributed by atoms with Crippen LogP contribution in [0.25, 0.3) is 0 Å². The van der Waals surface area contributed by atoms with E-state index in [9.17, 15) is 13.6 Å². The van der Waals surface area contributed by atoms with Gasteiger partial charge in [0.15, 0.2) is 5.78 Å². The number of ketones is 1. The Labute approximate surface area is 90.8 Å². The van der Waals surface area contributed by atoms with Gasteiger partial charge in [-0.2, -0.15) is 0 Å². The van der Waals surface area contributed by atoms with Crippen molar-refractivity contribution in [3.63, 3.8) is 0 Å². The fraction of sp³-hybridized carbons (Fsp3) is 0.300. The first kappa shape index (κ1) is 11.9. The SMILES string of the molecule is COc1cc(F)c(C(=O)CCCl)c(F)c1. The van der Waals surface area contributed by atoms with E-state index in [1.807, 2.05) is 0 Å². The van der Waals surface area contributed by atoms with Crippen molar-refractivity contribution < 1.29 is 18.3 Å². The Hall–Kier alpha value is -1.16. The van der Waals surface area contributed by atoms with Crippen LogP contribution in [-0.4, -0.2) is 18.8 Å². The summed E-state index contributed by atoms with van der Waals surface area (Å²) in [7, 11) is 1.29. The zero-order valence-electron chi connectivity index (χ0n) is 8.02. The topological polar surface area (TPSA) is 26.3 Å². The van der Waals surface area contributed by atoms with Crippen LogP contribution in [0.15, 0.2) is 12.1 Å². The van der Waals surface area contributed by atoms with E-state index in [-0.39, 0.29) is 18.1 Å². The lowest BCUT2D eigenvalue weighted by molar-refractivity contribution is 0.0981. The molecule has 82 valence electrons. The number of benzene rings is 1. The van der Waals surface area contributed by atoms with Crippen molar-refractivity contribution in [2.24, 2.45) is 0 Å². The van der Waals surface area contributed by atoms with Crippen LogP contribution in [0.3, 0.4) is 0 Å². The molecule has 5 heteroatoms. The summed E-state index contributed by atoms with van der Waals surface area (Å²) < 4.78 is 31.2. The van der Waals surface area contributed by atoms with Gasteiger partial charge in [-0.15, -0.1) is 11.6 Å². The normalized spacial score (nSPS) is 10.1. The van der Waals surface area contributed by atoms with Gasteiger partial charge in [-0.1, -0.05) is 0 Å². The van der Waals surface area contributed by atoms with Gasteiger partial charge in [0, 0.05) is 24.4 Å². The van der Waals surface area contributed by atoms with E-state index in [1.54, 1.807) is 0 Å². The molecule has 0 aliphatic heterocycles. The molecule has 0 radical (unpaired) electrons. The second kappa shape index (κ2) is 5.07. The molecule has 0 unspecified atom stereocenters. The Balaban J connectivity index is 3.13. The highest BCUT2D eigenvalue weighted by Gasteiger charge is 2.18. The van der Waals surface area contributed by atoms with Gasteiger partial charge in [0.2, 0.25) is 0 Å². The van der Waals surface area contributed by atoms with Gasteiger partial charge in [0.25, 0.3) is 0 Å². The molecule has 0 aliphatic rings. The van der Waals surface area contributed by atoms with E-state index in [0.29, 0.717) is 0 Å². The highest BCUT2D eigenvalue weighted by Crippen LogP contribution is 2.21. The second-order valence-corrected chi connectivity index (χ2v) is 3.21. The lowest BCUT2D eigenvalue weighted by Crippen LogP contribution is -2.07. The predicted molar refractivity (Wildman–Crippen MR) is 52.6 cm³/mol. The van der Waals surface area contributed by atoms with E-state index in [4.69, 9.17) is 11.6 Å². The van der Waals surface area contributed by atoms with Crippen molar-refractivity contribution in [3.8, 4) is 5.75 Å². The van der Waals surface area contributed by atoms with Crippen LogP contribution in [0.2, 0.25) is 0 Å². The molecule has 0 amide bonds. The Kier molecular flexibility index (Phi) is 4.03. The number of hydrogen-bond acceptors (Lipinski definition) is 2. The first-order chi connectivity index (χ1) is 7.10. The molecule has 0 N–H and O–H groups in total. The minimum Gasteiger partial charge on any atom is -0.497 e. The predicted octanol–water partition coefficient (Wildman–Crippen LogP) is 2.79. The third kappa shape index (κ3) is 2.65. The van der Waals surface area contributed by atoms with Crippen LogP contribution < -0.4 is 4.74 Å². The molecule has 1 aromatic carbocycles. The minimum absolute atomic E-state index is 0.0315. The van der Waals surface area contributed by atoms with Crippen molar-refractivity contribution in [2.45, 2.75) is 6.42 Å². The molecule has 1 aromatic rings. The molecule has 0 saturated heterocycles. The van der Waals surface area contributed by atoms with Gasteiger partial charge in [-0.3, -0.25) is 4.79 Å². The van der Waals surface area contributed by atoms with Crippen LogP contribution in [0.5, 0.6) is 5.75 Å². The van der Waals surface area contributed by atoms with Gasteiger partial charge in [0.1, 0.15) is 17.4 Å². The van der Waals surface area contributed by atoms with Crippen LogP contribution >= 0.6 is 11.6 Å². The minimum atomic E-state index is -0.929. The zero-order valence-corrected chi connectivity index (χ0v) is 8.78. The molecule has 0 atom stereocenters. The summed E-state index contributed by atoms with van der Waals surface area (Å²) >= 11 is 5.32. The summed E-state index contributed by atoms with van der Waals surface area (Å²) in [6, 6.07) is 1.93. The third-order valence-corrected chi connectivity index (χ3v) is 2.04. The van der Waals surface area contributed by atoms with Gasteiger partial charge < -0.3 is 4.74 Å². The maximum Gasteiger partial charge on any atom is 0.169 e. The maximum atomic E-state index is 13.3. The lowest BCUT2D eigenvalue weighted by Gasteiger charge is -2.05. The van der Waals surface area contributed by atoms with Crippen molar-refractivity contribution in [2.75, 3.05) is 13.0 Å². The van der Waals surface area contributed by atoms with Crippen LogP contribution in [0.1, 0.15) is 16.8 Å². The third-order valence-electron chi connectivity index (χ3n) is 1.85. The number of ether oxygens (including phenoxy) is 1. The largest absolute Gasteiger partial charge is 0.497 e. The fourth-order valence-electron chi connectivity index (χ4n) is 1.14. The Morgan fingerprint density at radius 3 is 2.33 bits per heavy atom. The number of halogens is 3. The molecule has 0 spiro atoms. The molecular formula is C10H9ClF2O2. The average Bonchev–Trinajstić information content (AvgIpc) is 2.16. The molecular weight excluding hydrogens is 226 g/mol. The molecule has 0 aromatic heterocycles. The van der Waals surface area contributed by atoms with Crippen LogP contribution in [-0.2, 0) is 0 Å². The zero-order chi connectivity index (χ0) is 11.4. The van der Waals surface area contributed by atoms with Crippen LogP contribution in [0, 0.1) is 11.6 Å². The number of Topliss-reactive ketones (excluding diaryl/α,β-unsaturated/α-hetero) is 1. The quantitative estimate of drug-likeness (QED) is 0.592. The van der Waals surface area contributed by atoms with Gasteiger partial charge >= 0.3 is 0 Å². The molecule has 1 rings (SSSR count). The summed E-state index contributed by atoms with van der Waals surface area (Å²) in [5.41, 5.74) is -0.559. The van der Waals surface area contributed by atoms with Crippen molar-refractivity contribution >= 4 is 17.4 Å². The van der Waals surface area contributed by atoms with Crippen molar-refractivity contribution in [1.29, 1.82) is 0 Å². The standard InChI is InChI=1S/C10H9ClF2O2/c1-15-6-4-7(12)10(8(13)5-6)9(14)2-3-11/h4-5H,2-3H2,1H3. The van der Waals surface area contributed by atoms with E-state index in [2.05, 4.69) is 4.74 Å². The fourth-order valence-corrected chi connectivity index (χ4v) is 1.32. The Bertz CT molecular complexity index is 357. The van der Waals surface area contributed by atoms with E-state index < -0.39 is 23.0 Å². The summed E-state index contributed by atoms with van der Waals surface area (Å²) in [6.45, 7) is 0. The Morgan fingerprint density at radius 1 is 1.40 bits per heavy atom. The number of alkyl halides is 1. The highest BCUT2D eigenvalue weighted by molar-refractivity contribution is 6.19. The first-order valence-electron chi connectivity index (χ1n) is 4.22. The molecule has 0 fully saturated rings. The molecule has 0 heterocycles.